The quantitative estimate of drug-likeness (QED) is 0.910. The third-order valence-corrected chi connectivity index (χ3v) is 4.33. The second-order valence-corrected chi connectivity index (χ2v) is 6.64. The van der Waals surface area contributed by atoms with Gasteiger partial charge in [-0.05, 0) is 49.9 Å². The van der Waals surface area contributed by atoms with Gasteiger partial charge in [0.05, 0.1) is 12.0 Å². The molecule has 0 saturated carbocycles. The van der Waals surface area contributed by atoms with Crippen LogP contribution in [0, 0.1) is 6.92 Å². The number of carbonyl (C=O) groups excluding carboxylic acids is 1. The van der Waals surface area contributed by atoms with Gasteiger partial charge in [0, 0.05) is 16.8 Å². The lowest BCUT2D eigenvalue weighted by Crippen LogP contribution is -2.45. The molecule has 0 fully saturated rings. The normalized spacial score (nSPS) is 11.7. The maximum Gasteiger partial charge on any atom is 0.261 e. The van der Waals surface area contributed by atoms with Crippen molar-refractivity contribution in [1.29, 1.82) is 0 Å². The summed E-state index contributed by atoms with van der Waals surface area (Å²) >= 11 is 1.49. The zero-order valence-electron chi connectivity index (χ0n) is 12.2. The van der Waals surface area contributed by atoms with Gasteiger partial charge in [0.2, 0.25) is 0 Å². The summed E-state index contributed by atoms with van der Waals surface area (Å²) in [6, 6.07) is 5.85. The summed E-state index contributed by atoms with van der Waals surface area (Å²) in [6.07, 6.45) is 0. The van der Waals surface area contributed by atoms with Crippen molar-refractivity contribution in [2.75, 3.05) is 13.7 Å². The van der Waals surface area contributed by atoms with E-state index in [1.165, 1.54) is 11.3 Å². The molecule has 1 aromatic carbocycles. The number of carbonyl (C=O) groups is 1. The second-order valence-electron chi connectivity index (χ2n) is 5.59. The molecule has 0 spiro atoms. The SMILES string of the molecule is COc1ccc2sc(C(=O)NCC(C)(C)N)c(C)c2c1. The summed E-state index contributed by atoms with van der Waals surface area (Å²) in [5.74, 6) is 0.731. The Bertz CT molecular complexity index is 641. The Hall–Kier alpha value is -1.59. The molecule has 1 heterocycles. The van der Waals surface area contributed by atoms with Gasteiger partial charge in [0.25, 0.3) is 5.91 Å². The van der Waals surface area contributed by atoms with Crippen LogP contribution >= 0.6 is 11.3 Å². The summed E-state index contributed by atoms with van der Waals surface area (Å²) in [5, 5.41) is 3.95. The van der Waals surface area contributed by atoms with Crippen LogP contribution in [0.5, 0.6) is 5.75 Å². The van der Waals surface area contributed by atoms with Gasteiger partial charge in [0.15, 0.2) is 0 Å². The van der Waals surface area contributed by atoms with Gasteiger partial charge in [-0.2, -0.15) is 0 Å². The lowest BCUT2D eigenvalue weighted by molar-refractivity contribution is 0.0949. The first-order valence-electron chi connectivity index (χ1n) is 6.46. The van der Waals surface area contributed by atoms with Crippen molar-refractivity contribution in [1.82, 2.24) is 5.32 Å². The van der Waals surface area contributed by atoms with E-state index >= 15 is 0 Å². The first-order chi connectivity index (χ1) is 9.31. The van der Waals surface area contributed by atoms with E-state index in [4.69, 9.17) is 10.5 Å². The lowest BCUT2D eigenvalue weighted by Gasteiger charge is -2.18. The molecular formula is C15H20N2O2S. The number of aryl methyl sites for hydroxylation is 1. The number of amides is 1. The molecule has 0 aliphatic rings. The van der Waals surface area contributed by atoms with Crippen LogP contribution in [0.25, 0.3) is 10.1 Å². The van der Waals surface area contributed by atoms with E-state index < -0.39 is 5.54 Å². The summed E-state index contributed by atoms with van der Waals surface area (Å²) in [5.41, 5.74) is 6.45. The number of ether oxygens (including phenoxy) is 1. The van der Waals surface area contributed by atoms with Crippen molar-refractivity contribution in [2.45, 2.75) is 26.3 Å². The van der Waals surface area contributed by atoms with E-state index in [-0.39, 0.29) is 5.91 Å². The van der Waals surface area contributed by atoms with Gasteiger partial charge < -0.3 is 15.8 Å². The number of hydrogen-bond donors (Lipinski definition) is 2. The monoisotopic (exact) mass is 292 g/mol. The number of methoxy groups -OCH3 is 1. The number of benzene rings is 1. The van der Waals surface area contributed by atoms with Crippen molar-refractivity contribution in [3.8, 4) is 5.75 Å². The third-order valence-electron chi connectivity index (χ3n) is 3.05. The number of thiophene rings is 1. The number of nitrogens with two attached hydrogens (primary N) is 1. The standard InChI is InChI=1S/C15H20N2O2S/c1-9-11-7-10(19-4)5-6-12(11)20-13(9)14(18)17-8-15(2,3)16/h5-7H,8,16H2,1-4H3,(H,17,18). The average molecular weight is 292 g/mol. The van der Waals surface area contributed by atoms with Crippen molar-refractivity contribution in [2.24, 2.45) is 5.73 Å². The molecule has 0 bridgehead atoms. The molecule has 20 heavy (non-hydrogen) atoms. The molecule has 0 atom stereocenters. The highest BCUT2D eigenvalue weighted by Gasteiger charge is 2.18. The highest BCUT2D eigenvalue weighted by Crippen LogP contribution is 2.33. The van der Waals surface area contributed by atoms with Gasteiger partial charge in [-0.3, -0.25) is 4.79 Å². The smallest absolute Gasteiger partial charge is 0.261 e. The van der Waals surface area contributed by atoms with Gasteiger partial charge >= 0.3 is 0 Å². The predicted molar refractivity (Wildman–Crippen MR) is 83.7 cm³/mol. The molecule has 108 valence electrons. The fourth-order valence-corrected chi connectivity index (χ4v) is 3.04. The van der Waals surface area contributed by atoms with Gasteiger partial charge in [-0.1, -0.05) is 0 Å². The van der Waals surface area contributed by atoms with Gasteiger partial charge in [-0.15, -0.1) is 11.3 Å². The fourth-order valence-electron chi connectivity index (χ4n) is 1.93. The van der Waals surface area contributed by atoms with Crippen LogP contribution in [0.2, 0.25) is 0 Å². The van der Waals surface area contributed by atoms with E-state index in [0.717, 1.165) is 26.3 Å². The Labute approximate surface area is 122 Å². The molecule has 0 aliphatic carbocycles. The van der Waals surface area contributed by atoms with Crippen LogP contribution in [0.15, 0.2) is 18.2 Å². The van der Waals surface area contributed by atoms with Gasteiger partial charge in [-0.25, -0.2) is 0 Å². The number of nitrogens with one attached hydrogen (secondary N) is 1. The molecule has 3 N–H and O–H groups in total. The van der Waals surface area contributed by atoms with Crippen LogP contribution < -0.4 is 15.8 Å². The summed E-state index contributed by atoms with van der Waals surface area (Å²) in [4.78, 5) is 13.0. The van der Waals surface area contributed by atoms with Crippen molar-refractivity contribution in [3.05, 3.63) is 28.6 Å². The lowest BCUT2D eigenvalue weighted by atomic mass is 10.1. The molecule has 2 rings (SSSR count). The Balaban J connectivity index is 2.30. The van der Waals surface area contributed by atoms with E-state index in [1.54, 1.807) is 7.11 Å². The first kappa shape index (κ1) is 14.8. The number of fused-ring (bicyclic) bond motifs is 1. The van der Waals surface area contributed by atoms with Crippen molar-refractivity contribution in [3.63, 3.8) is 0 Å². The summed E-state index contributed by atoms with van der Waals surface area (Å²) < 4.78 is 6.31. The van der Waals surface area contributed by atoms with E-state index in [1.807, 2.05) is 39.0 Å². The van der Waals surface area contributed by atoms with Crippen molar-refractivity contribution >= 4 is 27.3 Å². The van der Waals surface area contributed by atoms with Crippen molar-refractivity contribution < 1.29 is 9.53 Å². The van der Waals surface area contributed by atoms with Crippen LogP contribution in [0.4, 0.5) is 0 Å². The fraction of sp³-hybridized carbons (Fsp3) is 0.400. The molecule has 0 saturated heterocycles. The molecule has 0 radical (unpaired) electrons. The Kier molecular flexibility index (Phi) is 4.01. The number of hydrogen-bond acceptors (Lipinski definition) is 4. The highest BCUT2D eigenvalue weighted by atomic mass is 32.1. The van der Waals surface area contributed by atoms with E-state index in [9.17, 15) is 4.79 Å². The zero-order valence-corrected chi connectivity index (χ0v) is 13.1. The molecule has 2 aromatic rings. The Morgan fingerprint density at radius 2 is 2.15 bits per heavy atom. The molecule has 0 unspecified atom stereocenters. The molecule has 5 heteroatoms. The summed E-state index contributed by atoms with van der Waals surface area (Å²) in [6.45, 7) is 6.18. The zero-order chi connectivity index (χ0) is 14.9. The van der Waals surface area contributed by atoms with Crippen LogP contribution in [-0.2, 0) is 0 Å². The minimum atomic E-state index is -0.413. The highest BCUT2D eigenvalue weighted by molar-refractivity contribution is 7.21. The molecule has 0 aliphatic heterocycles. The second kappa shape index (κ2) is 5.42. The molecule has 4 nitrogen and oxygen atoms in total. The van der Waals surface area contributed by atoms with Gasteiger partial charge in [0.1, 0.15) is 5.75 Å². The average Bonchev–Trinajstić information content (AvgIpc) is 2.72. The van der Waals surface area contributed by atoms with E-state index in [0.29, 0.717) is 6.54 Å². The Morgan fingerprint density at radius 3 is 2.75 bits per heavy atom. The first-order valence-corrected chi connectivity index (χ1v) is 7.28. The third kappa shape index (κ3) is 3.11. The largest absolute Gasteiger partial charge is 0.497 e. The maximum absolute atomic E-state index is 12.2. The molecule has 1 aromatic heterocycles. The van der Waals surface area contributed by atoms with E-state index in [2.05, 4.69) is 5.32 Å². The minimum Gasteiger partial charge on any atom is -0.497 e. The topological polar surface area (TPSA) is 64.3 Å². The summed E-state index contributed by atoms with van der Waals surface area (Å²) in [7, 11) is 1.64. The predicted octanol–water partition coefficient (Wildman–Crippen LogP) is 2.69. The number of rotatable bonds is 4. The van der Waals surface area contributed by atoms with Crippen LogP contribution in [0.3, 0.4) is 0 Å². The van der Waals surface area contributed by atoms with Crippen LogP contribution in [-0.4, -0.2) is 25.1 Å². The maximum atomic E-state index is 12.2. The molecular weight excluding hydrogens is 272 g/mol. The molecule has 1 amide bonds. The van der Waals surface area contributed by atoms with Crippen LogP contribution in [0.1, 0.15) is 29.1 Å². The minimum absolute atomic E-state index is 0.0683. The Morgan fingerprint density at radius 1 is 1.45 bits per heavy atom.